The molecule has 0 bridgehead atoms. The van der Waals surface area contributed by atoms with Crippen LogP contribution in [-0.2, 0) is 14.3 Å². The zero-order chi connectivity index (χ0) is 23.4. The highest BCUT2D eigenvalue weighted by atomic mass is 32.1. The minimum absolute atomic E-state index is 0.186. The number of anilines is 2. The van der Waals surface area contributed by atoms with Crippen LogP contribution < -0.4 is 16.0 Å². The number of para-hydroxylation sites is 1. The van der Waals surface area contributed by atoms with E-state index in [1.165, 1.54) is 0 Å². The van der Waals surface area contributed by atoms with Crippen molar-refractivity contribution < 1.29 is 23.9 Å². The number of fused-ring (bicyclic) bond motifs is 1. The zero-order valence-corrected chi connectivity index (χ0v) is 18.4. The van der Waals surface area contributed by atoms with Crippen LogP contribution in [0, 0.1) is 0 Å². The molecule has 168 valence electrons. The molecule has 0 saturated carbocycles. The van der Waals surface area contributed by atoms with Crippen LogP contribution in [-0.4, -0.2) is 41.3 Å². The van der Waals surface area contributed by atoms with E-state index in [4.69, 9.17) is 4.74 Å². The molecule has 0 spiro atoms. The molecule has 1 aliphatic rings. The van der Waals surface area contributed by atoms with Gasteiger partial charge in [-0.25, -0.2) is 9.78 Å². The van der Waals surface area contributed by atoms with Crippen molar-refractivity contribution in [1.82, 2.24) is 10.3 Å². The number of carbonyl (C=O) groups excluding carboxylic acids is 4. The predicted octanol–water partition coefficient (Wildman–Crippen LogP) is 3.07. The molecule has 0 saturated heterocycles. The Bertz CT molecular complexity index is 1220. The zero-order valence-electron chi connectivity index (χ0n) is 17.6. The molecular formula is C23H20N4O5S. The number of hydrogen-bond acceptors (Lipinski definition) is 7. The number of hydrogen-bond donors (Lipinski definition) is 3. The van der Waals surface area contributed by atoms with Crippen LogP contribution >= 0.6 is 11.3 Å². The lowest BCUT2D eigenvalue weighted by molar-refractivity contribution is -0.122. The maximum absolute atomic E-state index is 12.7. The summed E-state index contributed by atoms with van der Waals surface area (Å²) in [7, 11) is 0. The highest BCUT2D eigenvalue weighted by Crippen LogP contribution is 2.32. The first kappa shape index (κ1) is 22.2. The second-order valence-electron chi connectivity index (χ2n) is 7.10. The number of ether oxygens (including phenoxy) is 1. The molecule has 1 atom stereocenters. The van der Waals surface area contributed by atoms with E-state index in [1.54, 1.807) is 43.3 Å². The van der Waals surface area contributed by atoms with Crippen molar-refractivity contribution in [2.24, 2.45) is 0 Å². The Balaban J connectivity index is 1.51. The van der Waals surface area contributed by atoms with Gasteiger partial charge in [-0.15, -0.1) is 0 Å². The number of amides is 3. The summed E-state index contributed by atoms with van der Waals surface area (Å²) in [4.78, 5) is 54.7. The topological polar surface area (TPSA) is 126 Å². The number of nitrogens with one attached hydrogen (secondary N) is 3. The van der Waals surface area contributed by atoms with Gasteiger partial charge < -0.3 is 20.7 Å². The molecule has 3 amide bonds. The molecule has 3 aromatic rings. The van der Waals surface area contributed by atoms with Gasteiger partial charge in [-0.1, -0.05) is 53.8 Å². The molecule has 1 aliphatic heterocycles. The lowest BCUT2D eigenvalue weighted by Crippen LogP contribution is -2.43. The summed E-state index contributed by atoms with van der Waals surface area (Å²) in [5.74, 6) is -2.03. The van der Waals surface area contributed by atoms with Crippen molar-refractivity contribution in [3.8, 4) is 11.3 Å². The quantitative estimate of drug-likeness (QED) is 0.481. The van der Waals surface area contributed by atoms with Gasteiger partial charge in [0.15, 0.2) is 5.13 Å². The molecule has 33 heavy (non-hydrogen) atoms. The normalized spacial score (nSPS) is 15.0. The first-order valence-electron chi connectivity index (χ1n) is 10.2. The maximum atomic E-state index is 12.7. The van der Waals surface area contributed by atoms with E-state index in [9.17, 15) is 19.2 Å². The van der Waals surface area contributed by atoms with Crippen LogP contribution in [0.25, 0.3) is 11.3 Å². The van der Waals surface area contributed by atoms with E-state index in [-0.39, 0.29) is 23.0 Å². The second-order valence-corrected chi connectivity index (χ2v) is 8.10. The molecule has 3 N–H and O–H groups in total. The smallest absolute Gasteiger partial charge is 0.350 e. The summed E-state index contributed by atoms with van der Waals surface area (Å²) in [6.07, 6.45) is -0.305. The average Bonchev–Trinajstić information content (AvgIpc) is 3.18. The maximum Gasteiger partial charge on any atom is 0.350 e. The molecular weight excluding hydrogens is 444 g/mol. The summed E-state index contributed by atoms with van der Waals surface area (Å²) < 4.78 is 5.12. The van der Waals surface area contributed by atoms with E-state index < -0.39 is 29.7 Å². The van der Waals surface area contributed by atoms with Crippen molar-refractivity contribution in [2.45, 2.75) is 19.4 Å². The molecule has 4 rings (SSSR count). The average molecular weight is 465 g/mol. The van der Waals surface area contributed by atoms with Crippen molar-refractivity contribution in [3.05, 3.63) is 65.0 Å². The Morgan fingerprint density at radius 1 is 1.09 bits per heavy atom. The van der Waals surface area contributed by atoms with Crippen molar-refractivity contribution >= 4 is 45.8 Å². The monoisotopic (exact) mass is 464 g/mol. The molecule has 1 aromatic heterocycles. The van der Waals surface area contributed by atoms with Crippen molar-refractivity contribution in [2.75, 3.05) is 17.2 Å². The van der Waals surface area contributed by atoms with Gasteiger partial charge in [0.1, 0.15) is 10.9 Å². The number of aromatic nitrogens is 1. The third kappa shape index (κ3) is 4.90. The predicted molar refractivity (Wildman–Crippen MR) is 123 cm³/mol. The summed E-state index contributed by atoms with van der Waals surface area (Å²) in [6, 6.07) is 14.6. The highest BCUT2D eigenvalue weighted by molar-refractivity contribution is 7.18. The van der Waals surface area contributed by atoms with Crippen molar-refractivity contribution in [3.63, 3.8) is 0 Å². The van der Waals surface area contributed by atoms with Gasteiger partial charge in [0.25, 0.3) is 5.91 Å². The number of benzene rings is 2. The second kappa shape index (κ2) is 9.61. The van der Waals surface area contributed by atoms with E-state index in [2.05, 4.69) is 20.9 Å². The van der Waals surface area contributed by atoms with Gasteiger partial charge >= 0.3 is 5.97 Å². The SMILES string of the molecule is CCOC(=O)c1sc(NC(=O)CC2NC(=O)c3ccccc3NC2=O)nc1-c1ccccc1. The minimum atomic E-state index is -1.07. The number of thiazole rings is 1. The third-order valence-corrected chi connectivity index (χ3v) is 5.77. The van der Waals surface area contributed by atoms with Crippen LogP contribution in [0.4, 0.5) is 10.8 Å². The third-order valence-electron chi connectivity index (χ3n) is 4.82. The van der Waals surface area contributed by atoms with Crippen molar-refractivity contribution in [1.29, 1.82) is 0 Å². The summed E-state index contributed by atoms with van der Waals surface area (Å²) in [5.41, 5.74) is 1.80. The van der Waals surface area contributed by atoms with Crippen LogP contribution in [0.3, 0.4) is 0 Å². The number of esters is 1. The van der Waals surface area contributed by atoms with E-state index >= 15 is 0 Å². The number of rotatable bonds is 6. The summed E-state index contributed by atoms with van der Waals surface area (Å²) in [6.45, 7) is 1.90. The molecule has 9 nitrogen and oxygen atoms in total. The van der Waals surface area contributed by atoms with E-state index in [0.717, 1.165) is 11.3 Å². The Morgan fingerprint density at radius 2 is 1.82 bits per heavy atom. The molecule has 10 heteroatoms. The number of nitrogens with zero attached hydrogens (tertiary/aromatic N) is 1. The van der Waals surface area contributed by atoms with Crippen LogP contribution in [0.1, 0.15) is 33.4 Å². The fourth-order valence-electron chi connectivity index (χ4n) is 3.31. The molecule has 2 heterocycles. The summed E-state index contributed by atoms with van der Waals surface area (Å²) in [5, 5.41) is 8.04. The van der Waals surface area contributed by atoms with Gasteiger partial charge in [0, 0.05) is 5.56 Å². The standard InChI is InChI=1S/C23H20N4O5S/c1-2-32-22(31)19-18(13-8-4-3-5-9-13)27-23(33-19)26-17(28)12-16-21(30)24-15-11-7-6-10-14(15)20(29)25-16/h3-11,16H,2,12H2,1H3,(H,24,30)(H,25,29)(H,26,27,28). The Labute approximate surface area is 193 Å². The van der Waals surface area contributed by atoms with Crippen LogP contribution in [0.15, 0.2) is 54.6 Å². The molecule has 0 aliphatic carbocycles. The lowest BCUT2D eigenvalue weighted by Gasteiger charge is -2.13. The Kier molecular flexibility index (Phi) is 6.45. The first-order chi connectivity index (χ1) is 16.0. The lowest BCUT2D eigenvalue weighted by atomic mass is 10.1. The van der Waals surface area contributed by atoms with E-state index in [0.29, 0.717) is 22.5 Å². The Morgan fingerprint density at radius 3 is 2.58 bits per heavy atom. The molecule has 2 aromatic carbocycles. The Hall–Kier alpha value is -4.05. The molecule has 1 unspecified atom stereocenters. The van der Waals surface area contributed by atoms with Crippen LogP contribution in [0.2, 0.25) is 0 Å². The molecule has 0 fully saturated rings. The minimum Gasteiger partial charge on any atom is -0.462 e. The van der Waals surface area contributed by atoms with Gasteiger partial charge in [-0.3, -0.25) is 14.4 Å². The summed E-state index contributed by atoms with van der Waals surface area (Å²) >= 11 is 0.983. The fourth-order valence-corrected chi connectivity index (χ4v) is 4.21. The largest absolute Gasteiger partial charge is 0.462 e. The number of carbonyl (C=O) groups is 4. The van der Waals surface area contributed by atoms with Crippen LogP contribution in [0.5, 0.6) is 0 Å². The molecule has 0 radical (unpaired) electrons. The fraction of sp³-hybridized carbons (Fsp3) is 0.174. The first-order valence-corrected chi connectivity index (χ1v) is 11.0. The highest BCUT2D eigenvalue weighted by Gasteiger charge is 2.30. The van der Waals surface area contributed by atoms with Gasteiger partial charge in [0.05, 0.1) is 30.0 Å². The van der Waals surface area contributed by atoms with E-state index in [1.807, 2.05) is 18.2 Å². The van der Waals surface area contributed by atoms with Gasteiger partial charge in [-0.2, -0.15) is 0 Å². The van der Waals surface area contributed by atoms with Gasteiger partial charge in [-0.05, 0) is 19.1 Å². The van der Waals surface area contributed by atoms with Gasteiger partial charge in [0.2, 0.25) is 11.8 Å².